The number of ether oxygens (including phenoxy) is 1. The number of hydrogen-bond donors (Lipinski definition) is 2. The number of anilines is 2. The molecule has 0 radical (unpaired) electrons. The molecule has 2 N–H and O–H groups in total. The smallest absolute Gasteiger partial charge is 0.373 e. The second-order valence-corrected chi connectivity index (χ2v) is 17.1. The van der Waals surface area contributed by atoms with Crippen LogP contribution in [0.2, 0.25) is 0 Å². The molecular formula is C52H44N4O10S2. The lowest BCUT2D eigenvalue weighted by atomic mass is 9.93. The van der Waals surface area contributed by atoms with Gasteiger partial charge in [0.2, 0.25) is 0 Å². The minimum atomic E-state index is -1.07. The number of nitrogens with zero attached hydrogens (tertiary/aromatic N) is 4. The number of phenols is 1. The zero-order valence-electron chi connectivity index (χ0n) is 37.5. The van der Waals surface area contributed by atoms with Crippen molar-refractivity contribution in [1.82, 2.24) is 9.97 Å². The molecule has 0 saturated heterocycles. The summed E-state index contributed by atoms with van der Waals surface area (Å²) >= 11 is 2.92. The summed E-state index contributed by atoms with van der Waals surface area (Å²) < 4.78 is 12.6. The molecule has 0 spiro atoms. The Balaban J connectivity index is 0.000000179. The number of ketones is 1. The number of aromatic nitrogens is 2. The summed E-state index contributed by atoms with van der Waals surface area (Å²) in [7, 11) is 7.56. The fourth-order valence-electron chi connectivity index (χ4n) is 6.87. The molecule has 0 fully saturated rings. The Hall–Kier alpha value is -8.30. The summed E-state index contributed by atoms with van der Waals surface area (Å²) in [6.45, 7) is 2.22. The number of rotatable bonds is 10. The lowest BCUT2D eigenvalue weighted by molar-refractivity contribution is -0.191. The summed E-state index contributed by atoms with van der Waals surface area (Å²) in [5.41, 5.74) is 5.52. The number of thiazole rings is 2. The van der Waals surface area contributed by atoms with Crippen LogP contribution in [0.4, 0.5) is 11.4 Å². The SMILES string of the molecule is CCOC(=O)Cc1nc2ccccc2s1.CN(C)c1ccc(C(=O)c2ccccc2)c(O)c1.CN(C)c1ccc2c(-c3ccccc3C(=O)O)c(-c3nc4ccccc4s3)c(=O)oc2c1.O=C=O. The van der Waals surface area contributed by atoms with E-state index in [-0.39, 0.29) is 41.2 Å². The van der Waals surface area contributed by atoms with Gasteiger partial charge in [0.15, 0.2) is 5.78 Å². The van der Waals surface area contributed by atoms with E-state index in [0.29, 0.717) is 44.8 Å². The van der Waals surface area contributed by atoms with E-state index in [9.17, 15) is 29.4 Å². The van der Waals surface area contributed by atoms with Crippen LogP contribution in [0.3, 0.4) is 0 Å². The number of carbonyl (C=O) groups excluding carboxylic acids is 4. The minimum absolute atomic E-state index is 0.00931. The first-order chi connectivity index (χ1) is 32.7. The van der Waals surface area contributed by atoms with Gasteiger partial charge in [0, 0.05) is 68.2 Å². The Labute approximate surface area is 398 Å². The first kappa shape index (κ1) is 49.1. The van der Waals surface area contributed by atoms with Gasteiger partial charge in [-0.15, -0.1) is 22.7 Å². The van der Waals surface area contributed by atoms with Crippen molar-refractivity contribution in [2.24, 2.45) is 0 Å². The van der Waals surface area contributed by atoms with Crippen LogP contribution in [-0.2, 0) is 25.5 Å². The van der Waals surface area contributed by atoms with Gasteiger partial charge in [-0.05, 0) is 67.1 Å². The van der Waals surface area contributed by atoms with E-state index in [1.54, 1.807) is 67.6 Å². The van der Waals surface area contributed by atoms with Crippen molar-refractivity contribution in [3.05, 3.63) is 172 Å². The van der Waals surface area contributed by atoms with Crippen LogP contribution in [0.5, 0.6) is 5.75 Å². The predicted molar refractivity (Wildman–Crippen MR) is 265 cm³/mol. The maximum atomic E-state index is 13.3. The van der Waals surface area contributed by atoms with Gasteiger partial charge in [0.05, 0.1) is 44.6 Å². The number of para-hydroxylation sites is 2. The molecule has 0 unspecified atom stereocenters. The number of phenolic OH excluding ortho intramolecular Hbond substituents is 1. The van der Waals surface area contributed by atoms with Gasteiger partial charge in [0.1, 0.15) is 26.9 Å². The Morgan fingerprint density at radius 3 is 1.87 bits per heavy atom. The summed E-state index contributed by atoms with van der Waals surface area (Å²) in [4.78, 5) is 77.8. The maximum Gasteiger partial charge on any atom is 0.373 e. The molecule has 16 heteroatoms. The number of carbonyl (C=O) groups is 3. The van der Waals surface area contributed by atoms with Gasteiger partial charge in [-0.3, -0.25) is 9.59 Å². The highest BCUT2D eigenvalue weighted by atomic mass is 32.1. The predicted octanol–water partition coefficient (Wildman–Crippen LogP) is 10.0. The quantitative estimate of drug-likeness (QED) is 0.0746. The van der Waals surface area contributed by atoms with Crippen molar-refractivity contribution in [3.8, 4) is 27.4 Å². The molecule has 14 nitrogen and oxygen atoms in total. The van der Waals surface area contributed by atoms with E-state index in [1.165, 1.54) is 28.7 Å². The standard InChI is InChI=1S/C25H18N2O4S.C15H15NO2.C11H11NO2S.CO2/c1-27(2)14-11-12-17-19(13-14)31-25(30)22(23-26-18-9-5-6-10-20(18)32-23)21(17)15-7-3-4-8-16(15)24(28)29;1-16(2)12-8-9-13(14(17)10-12)15(18)11-6-4-3-5-7-11;1-2-14-11(13)7-10-12-8-5-3-4-6-9(8)15-10;2-1-3/h3-13H,1-2H3,(H,28,29);3-10,17H,1-2H3;3-6H,2,7H2,1H3;. The molecule has 0 aliphatic carbocycles. The average molecular weight is 949 g/mol. The number of carboxylic acids is 1. The van der Waals surface area contributed by atoms with Gasteiger partial charge in [-0.25, -0.2) is 19.6 Å². The molecule has 68 heavy (non-hydrogen) atoms. The van der Waals surface area contributed by atoms with Crippen LogP contribution >= 0.6 is 22.7 Å². The fourth-order valence-corrected chi connectivity index (χ4v) is 8.83. The summed E-state index contributed by atoms with van der Waals surface area (Å²) in [5.74, 6) is -1.44. The second kappa shape index (κ2) is 22.7. The van der Waals surface area contributed by atoms with Crippen molar-refractivity contribution in [2.75, 3.05) is 44.6 Å². The topological polar surface area (TPSA) is 198 Å². The molecule has 3 heterocycles. The molecule has 344 valence electrons. The molecule has 6 aromatic carbocycles. The van der Waals surface area contributed by atoms with E-state index in [2.05, 4.69) is 9.97 Å². The number of fused-ring (bicyclic) bond motifs is 3. The molecule has 0 aliphatic heterocycles. The van der Waals surface area contributed by atoms with Crippen LogP contribution in [0.1, 0.15) is 38.2 Å². The molecule has 0 atom stereocenters. The lowest BCUT2D eigenvalue weighted by Crippen LogP contribution is -2.10. The number of aromatic hydroxyl groups is 1. The second-order valence-electron chi connectivity index (χ2n) is 15.0. The first-order valence-corrected chi connectivity index (χ1v) is 22.4. The minimum Gasteiger partial charge on any atom is -0.507 e. The molecule has 0 aliphatic rings. The van der Waals surface area contributed by atoms with Crippen molar-refractivity contribution < 1.29 is 43.3 Å². The molecule has 9 aromatic rings. The van der Waals surface area contributed by atoms with Crippen LogP contribution in [0.25, 0.3) is 53.1 Å². The van der Waals surface area contributed by atoms with E-state index in [4.69, 9.17) is 18.7 Å². The van der Waals surface area contributed by atoms with E-state index < -0.39 is 11.6 Å². The molecule has 0 amide bonds. The number of esters is 1. The van der Waals surface area contributed by atoms with Crippen LogP contribution in [-0.4, -0.2) is 78.9 Å². The zero-order chi connectivity index (χ0) is 48.9. The van der Waals surface area contributed by atoms with Gasteiger partial charge in [0.25, 0.3) is 0 Å². The van der Waals surface area contributed by atoms with Crippen molar-refractivity contribution in [2.45, 2.75) is 13.3 Å². The van der Waals surface area contributed by atoms with Crippen molar-refractivity contribution in [3.63, 3.8) is 0 Å². The van der Waals surface area contributed by atoms with Crippen molar-refractivity contribution in [1.29, 1.82) is 0 Å². The third-order valence-corrected chi connectivity index (χ3v) is 12.1. The van der Waals surface area contributed by atoms with Crippen LogP contribution < -0.4 is 15.4 Å². The van der Waals surface area contributed by atoms with Crippen molar-refractivity contribution >= 4 is 89.3 Å². The van der Waals surface area contributed by atoms with Gasteiger partial charge in [-0.1, -0.05) is 72.8 Å². The van der Waals surface area contributed by atoms with Gasteiger partial charge >= 0.3 is 23.7 Å². The zero-order valence-corrected chi connectivity index (χ0v) is 39.1. The van der Waals surface area contributed by atoms with E-state index in [0.717, 1.165) is 36.8 Å². The Kier molecular flexibility index (Phi) is 16.4. The largest absolute Gasteiger partial charge is 0.507 e. The average Bonchev–Trinajstić information content (AvgIpc) is 3.95. The third-order valence-electron chi connectivity index (χ3n) is 10.1. The molecule has 9 rings (SSSR count). The molecular weight excluding hydrogens is 905 g/mol. The number of hydrogen-bond acceptors (Lipinski definition) is 15. The first-order valence-electron chi connectivity index (χ1n) is 20.8. The molecule has 0 saturated carbocycles. The molecule has 3 aromatic heterocycles. The van der Waals surface area contributed by atoms with Crippen LogP contribution in [0.15, 0.2) is 149 Å². The van der Waals surface area contributed by atoms with Gasteiger partial charge < -0.3 is 29.2 Å². The highest BCUT2D eigenvalue weighted by molar-refractivity contribution is 7.21. The van der Waals surface area contributed by atoms with Crippen LogP contribution in [0, 0.1) is 0 Å². The summed E-state index contributed by atoms with van der Waals surface area (Å²) in [5, 5.41) is 21.7. The highest BCUT2D eigenvalue weighted by Gasteiger charge is 2.25. The maximum absolute atomic E-state index is 13.3. The van der Waals surface area contributed by atoms with E-state index >= 15 is 0 Å². The van der Waals surface area contributed by atoms with Gasteiger partial charge in [-0.2, -0.15) is 9.59 Å². The number of benzene rings is 6. The molecule has 0 bridgehead atoms. The monoisotopic (exact) mass is 948 g/mol. The lowest BCUT2D eigenvalue weighted by Gasteiger charge is -2.16. The third kappa shape index (κ3) is 11.7. The number of aromatic carboxylic acids is 1. The fraction of sp³-hybridized carbons (Fsp3) is 0.135. The Morgan fingerprint density at radius 1 is 0.691 bits per heavy atom. The normalized spacial score (nSPS) is 10.4. The Bertz CT molecular complexity index is 3270. The Morgan fingerprint density at radius 2 is 1.26 bits per heavy atom. The highest BCUT2D eigenvalue weighted by Crippen LogP contribution is 2.41. The van der Waals surface area contributed by atoms with E-state index in [1.807, 2.05) is 111 Å². The summed E-state index contributed by atoms with van der Waals surface area (Å²) in [6.07, 6.45) is 0.521. The number of carboxylic acid groups (broad SMARTS) is 1. The summed E-state index contributed by atoms with van der Waals surface area (Å²) in [6, 6.07) is 41.7.